The lowest BCUT2D eigenvalue weighted by molar-refractivity contribution is 0.669. The summed E-state index contributed by atoms with van der Waals surface area (Å²) in [5.74, 6) is 0. The maximum Gasteiger partial charge on any atom is 0.136 e. The maximum absolute atomic E-state index is 6.37. The molecule has 0 spiro atoms. The molecule has 0 radical (unpaired) electrons. The molecule has 1 aliphatic carbocycles. The Morgan fingerprint density at radius 2 is 1.10 bits per heavy atom. The van der Waals surface area contributed by atoms with Crippen LogP contribution in [0.3, 0.4) is 0 Å². The lowest BCUT2D eigenvalue weighted by atomic mass is 9.91. The zero-order chi connectivity index (χ0) is 32.4. The molecular formula is C47H34O. The van der Waals surface area contributed by atoms with E-state index in [4.69, 9.17) is 4.42 Å². The summed E-state index contributed by atoms with van der Waals surface area (Å²) in [5, 5.41) is 2.28. The maximum atomic E-state index is 6.37. The van der Waals surface area contributed by atoms with Crippen molar-refractivity contribution < 1.29 is 4.42 Å². The van der Waals surface area contributed by atoms with E-state index >= 15 is 0 Å². The van der Waals surface area contributed by atoms with Crippen LogP contribution < -0.4 is 0 Å². The molecule has 0 aliphatic heterocycles. The average Bonchev–Trinajstić information content (AvgIpc) is 3.69. The smallest absolute Gasteiger partial charge is 0.136 e. The molecule has 7 aromatic carbocycles. The minimum Gasteiger partial charge on any atom is -0.456 e. The van der Waals surface area contributed by atoms with Crippen LogP contribution in [0.1, 0.15) is 27.8 Å². The highest BCUT2D eigenvalue weighted by molar-refractivity contribution is 6.13. The molecule has 0 bridgehead atoms. The average molecular weight is 615 g/mol. The summed E-state index contributed by atoms with van der Waals surface area (Å²) in [6.45, 7) is 8.37. The number of furan rings is 1. The van der Waals surface area contributed by atoms with Gasteiger partial charge in [0.25, 0.3) is 0 Å². The Morgan fingerprint density at radius 1 is 0.479 bits per heavy atom. The van der Waals surface area contributed by atoms with Gasteiger partial charge in [-0.05, 0) is 146 Å². The second kappa shape index (κ2) is 11.1. The van der Waals surface area contributed by atoms with Gasteiger partial charge in [-0.15, -0.1) is 0 Å². The second-order valence-corrected chi connectivity index (χ2v) is 13.1. The Hall–Kier alpha value is -5.92. The van der Waals surface area contributed by atoms with E-state index in [9.17, 15) is 0 Å². The van der Waals surface area contributed by atoms with Gasteiger partial charge in [0.2, 0.25) is 0 Å². The Morgan fingerprint density at radius 3 is 1.85 bits per heavy atom. The van der Waals surface area contributed by atoms with Gasteiger partial charge in [-0.2, -0.15) is 0 Å². The minimum absolute atomic E-state index is 0.903. The molecule has 9 rings (SSSR count). The van der Waals surface area contributed by atoms with E-state index in [-0.39, 0.29) is 0 Å². The van der Waals surface area contributed by atoms with Crippen molar-refractivity contribution in [3.63, 3.8) is 0 Å². The van der Waals surface area contributed by atoms with Gasteiger partial charge in [-0.1, -0.05) is 110 Å². The number of rotatable bonds is 5. The van der Waals surface area contributed by atoms with Gasteiger partial charge in [0.15, 0.2) is 0 Å². The van der Waals surface area contributed by atoms with E-state index in [1.54, 1.807) is 0 Å². The van der Waals surface area contributed by atoms with Crippen molar-refractivity contribution in [1.82, 2.24) is 0 Å². The van der Waals surface area contributed by atoms with Crippen molar-refractivity contribution in [2.24, 2.45) is 0 Å². The molecule has 0 saturated carbocycles. The lowest BCUT2D eigenvalue weighted by Crippen LogP contribution is -1.89. The summed E-state index contributed by atoms with van der Waals surface area (Å²) in [6.07, 6.45) is 2.86. The molecule has 228 valence electrons. The molecule has 48 heavy (non-hydrogen) atoms. The third-order valence-corrected chi connectivity index (χ3v) is 10.2. The first kappa shape index (κ1) is 28.3. The number of benzene rings is 7. The Labute approximate surface area is 281 Å². The van der Waals surface area contributed by atoms with E-state index in [2.05, 4.69) is 160 Å². The van der Waals surface area contributed by atoms with Crippen LogP contribution in [0.4, 0.5) is 0 Å². The first-order chi connectivity index (χ1) is 23.5. The van der Waals surface area contributed by atoms with Crippen LogP contribution >= 0.6 is 0 Å². The van der Waals surface area contributed by atoms with E-state index in [0.717, 1.165) is 39.5 Å². The molecule has 1 heterocycles. The van der Waals surface area contributed by atoms with Crippen molar-refractivity contribution in [3.05, 3.63) is 174 Å². The minimum atomic E-state index is 0.903. The first-order valence-electron chi connectivity index (χ1n) is 16.7. The summed E-state index contributed by atoms with van der Waals surface area (Å²) in [6, 6.07) is 51.0. The van der Waals surface area contributed by atoms with E-state index in [1.165, 1.54) is 72.3 Å². The summed E-state index contributed by atoms with van der Waals surface area (Å²) in [4.78, 5) is 0. The quantitative estimate of drug-likeness (QED) is 0.188. The molecule has 1 aliphatic rings. The summed E-state index contributed by atoms with van der Waals surface area (Å²) in [7, 11) is 0. The first-order valence-corrected chi connectivity index (χ1v) is 16.7. The molecule has 0 unspecified atom stereocenters. The van der Waals surface area contributed by atoms with Gasteiger partial charge in [0, 0.05) is 10.8 Å². The number of hydrogen-bond acceptors (Lipinski definition) is 1. The zero-order valence-electron chi connectivity index (χ0n) is 27.2. The zero-order valence-corrected chi connectivity index (χ0v) is 27.2. The molecule has 1 aromatic heterocycles. The van der Waals surface area contributed by atoms with Crippen molar-refractivity contribution in [1.29, 1.82) is 0 Å². The molecule has 1 nitrogen and oxygen atoms in total. The number of fused-ring (bicyclic) bond motifs is 6. The van der Waals surface area contributed by atoms with Gasteiger partial charge in [0.05, 0.1) is 0 Å². The fraction of sp³-hybridized carbons (Fsp3) is 0.0638. The van der Waals surface area contributed by atoms with E-state index in [1.807, 2.05) is 6.08 Å². The van der Waals surface area contributed by atoms with Crippen molar-refractivity contribution in [2.75, 3.05) is 0 Å². The largest absolute Gasteiger partial charge is 0.456 e. The van der Waals surface area contributed by atoms with Gasteiger partial charge >= 0.3 is 0 Å². The molecule has 0 saturated heterocycles. The highest BCUT2D eigenvalue weighted by atomic mass is 16.3. The highest BCUT2D eigenvalue weighted by Crippen LogP contribution is 2.43. The van der Waals surface area contributed by atoms with Crippen LogP contribution in [-0.4, -0.2) is 0 Å². The lowest BCUT2D eigenvalue weighted by Gasteiger charge is -2.13. The van der Waals surface area contributed by atoms with E-state index < -0.39 is 0 Å². The molecule has 0 N–H and O–H groups in total. The third kappa shape index (κ3) is 4.62. The molecule has 0 atom stereocenters. The standard InChI is InChI=1S/C47H34O/c1-4-31-10-7-11-36(23-31)40-13-8-14-46-47(40)44-28-35(21-22-45(44)48-46)34-18-20-38-24-37-19-17-33(26-42(37)43(38)27-34)32-16-15-30(3)41(25-32)39-12-6-5-9-29(39)2/h4-23,25-28H,1,24H2,2-3H3. The second-order valence-electron chi connectivity index (χ2n) is 13.1. The van der Waals surface area contributed by atoms with Crippen LogP contribution in [0, 0.1) is 13.8 Å². The summed E-state index contributed by atoms with van der Waals surface area (Å²) < 4.78 is 6.37. The van der Waals surface area contributed by atoms with Gasteiger partial charge in [0.1, 0.15) is 11.2 Å². The summed E-state index contributed by atoms with van der Waals surface area (Å²) in [5.41, 5.74) is 20.8. The van der Waals surface area contributed by atoms with Crippen LogP contribution in [0.25, 0.3) is 83.6 Å². The van der Waals surface area contributed by atoms with Crippen molar-refractivity contribution in [2.45, 2.75) is 20.3 Å². The van der Waals surface area contributed by atoms with E-state index in [0.29, 0.717) is 0 Å². The topological polar surface area (TPSA) is 13.1 Å². The van der Waals surface area contributed by atoms with Crippen LogP contribution in [-0.2, 0) is 6.42 Å². The van der Waals surface area contributed by atoms with Crippen LogP contribution in [0.2, 0.25) is 0 Å². The molecule has 0 amide bonds. The number of aryl methyl sites for hydroxylation is 2. The number of hydrogen-bond donors (Lipinski definition) is 0. The molecular weight excluding hydrogens is 581 g/mol. The van der Waals surface area contributed by atoms with Crippen molar-refractivity contribution in [3.8, 4) is 55.6 Å². The monoisotopic (exact) mass is 614 g/mol. The fourth-order valence-electron chi connectivity index (χ4n) is 7.57. The Balaban J connectivity index is 1.13. The van der Waals surface area contributed by atoms with Gasteiger partial charge < -0.3 is 4.42 Å². The third-order valence-electron chi connectivity index (χ3n) is 10.2. The van der Waals surface area contributed by atoms with Crippen LogP contribution in [0.15, 0.2) is 151 Å². The van der Waals surface area contributed by atoms with Crippen LogP contribution in [0.5, 0.6) is 0 Å². The SMILES string of the molecule is C=Cc1cccc(-c2cccc3oc4ccc(-c5ccc6c(c5)-c5cc(-c7ccc(C)c(-c8ccccc8C)c7)ccc5C6)cc4c23)c1. The van der Waals surface area contributed by atoms with Gasteiger partial charge in [-0.25, -0.2) is 0 Å². The Kier molecular flexibility index (Phi) is 6.55. The fourth-order valence-corrected chi connectivity index (χ4v) is 7.57. The normalized spacial score (nSPS) is 12.0. The van der Waals surface area contributed by atoms with Gasteiger partial charge in [-0.3, -0.25) is 0 Å². The summed E-state index contributed by atoms with van der Waals surface area (Å²) >= 11 is 0. The van der Waals surface area contributed by atoms with Crippen molar-refractivity contribution >= 4 is 28.0 Å². The molecule has 0 fully saturated rings. The Bertz CT molecular complexity index is 2580. The molecule has 8 aromatic rings. The highest BCUT2D eigenvalue weighted by Gasteiger charge is 2.21. The predicted octanol–water partition coefficient (Wildman–Crippen LogP) is 13.1. The molecule has 1 heteroatoms. The predicted molar refractivity (Wildman–Crippen MR) is 203 cm³/mol.